The van der Waals surface area contributed by atoms with Crippen LogP contribution in [0.3, 0.4) is 0 Å². The quantitative estimate of drug-likeness (QED) is 0.272. The first kappa shape index (κ1) is 23.7. The molecule has 0 saturated heterocycles. The van der Waals surface area contributed by atoms with Crippen LogP contribution in [0.15, 0.2) is 91.0 Å². The maximum absolute atomic E-state index is 12.8. The maximum Gasteiger partial charge on any atom is 0.255 e. The molecule has 4 rings (SSSR count). The van der Waals surface area contributed by atoms with Gasteiger partial charge in [-0.25, -0.2) is 0 Å². The third-order valence-electron chi connectivity index (χ3n) is 5.16. The van der Waals surface area contributed by atoms with E-state index in [-0.39, 0.29) is 12.5 Å². The summed E-state index contributed by atoms with van der Waals surface area (Å²) in [5, 5.41) is 3.64. The summed E-state index contributed by atoms with van der Waals surface area (Å²) in [5.41, 5.74) is 4.07. The molecule has 0 fully saturated rings. The number of anilines is 1. The molecule has 0 aliphatic rings. The summed E-state index contributed by atoms with van der Waals surface area (Å²) in [5.74, 6) is 1.14. The lowest BCUT2D eigenvalue weighted by molar-refractivity contribution is 0.102. The van der Waals surface area contributed by atoms with Gasteiger partial charge in [-0.05, 0) is 66.6 Å². The number of benzene rings is 4. The second-order valence-corrected chi connectivity index (χ2v) is 8.33. The number of rotatable bonds is 8. The van der Waals surface area contributed by atoms with Crippen LogP contribution in [0.4, 0.5) is 5.69 Å². The molecule has 0 aliphatic carbocycles. The standard InChI is InChI=1S/C28H23Cl2NO3/c1-2-33-27-15-10-21(28(32)31-23-11-14-25(29)26(30)17-23)16-22(27)18-34-24-12-8-20(9-13-24)19-6-4-3-5-7-19/h3-17H,2,18H2,1H3,(H,31,32). The fourth-order valence-corrected chi connectivity index (χ4v) is 3.74. The lowest BCUT2D eigenvalue weighted by Crippen LogP contribution is -2.13. The van der Waals surface area contributed by atoms with Gasteiger partial charge in [0.2, 0.25) is 0 Å². The van der Waals surface area contributed by atoms with Crippen LogP contribution >= 0.6 is 23.2 Å². The molecule has 1 amide bonds. The highest BCUT2D eigenvalue weighted by Gasteiger charge is 2.13. The van der Waals surface area contributed by atoms with E-state index in [0.717, 1.165) is 22.4 Å². The van der Waals surface area contributed by atoms with E-state index in [1.165, 1.54) is 0 Å². The topological polar surface area (TPSA) is 47.6 Å². The minimum absolute atomic E-state index is 0.258. The normalized spacial score (nSPS) is 10.6. The minimum atomic E-state index is -0.269. The third-order valence-corrected chi connectivity index (χ3v) is 5.89. The highest BCUT2D eigenvalue weighted by molar-refractivity contribution is 6.42. The molecule has 34 heavy (non-hydrogen) atoms. The number of carbonyl (C=O) groups is 1. The summed E-state index contributed by atoms with van der Waals surface area (Å²) in [4.78, 5) is 12.8. The van der Waals surface area contributed by atoms with Crippen molar-refractivity contribution in [1.82, 2.24) is 0 Å². The predicted molar refractivity (Wildman–Crippen MR) is 138 cm³/mol. The molecule has 0 aliphatic heterocycles. The number of hydrogen-bond donors (Lipinski definition) is 1. The Labute approximate surface area is 209 Å². The van der Waals surface area contributed by atoms with Gasteiger partial charge in [-0.15, -0.1) is 0 Å². The average molecular weight is 492 g/mol. The SMILES string of the molecule is CCOc1ccc(C(=O)Nc2ccc(Cl)c(Cl)c2)cc1COc1ccc(-c2ccccc2)cc1. The molecule has 0 atom stereocenters. The van der Waals surface area contributed by atoms with Crippen LogP contribution in [0.25, 0.3) is 11.1 Å². The van der Waals surface area contributed by atoms with E-state index < -0.39 is 0 Å². The molecule has 4 nitrogen and oxygen atoms in total. The molecule has 0 unspecified atom stereocenters. The Morgan fingerprint density at radius 2 is 1.53 bits per heavy atom. The molecule has 0 spiro atoms. The number of halogens is 2. The van der Waals surface area contributed by atoms with Crippen molar-refractivity contribution in [2.24, 2.45) is 0 Å². The Morgan fingerprint density at radius 1 is 0.794 bits per heavy atom. The Morgan fingerprint density at radius 3 is 2.24 bits per heavy atom. The van der Waals surface area contributed by atoms with E-state index in [4.69, 9.17) is 32.7 Å². The molecule has 0 radical (unpaired) electrons. The van der Waals surface area contributed by atoms with E-state index in [9.17, 15) is 4.79 Å². The van der Waals surface area contributed by atoms with Gasteiger partial charge in [0.1, 0.15) is 18.1 Å². The van der Waals surface area contributed by atoms with Crippen LogP contribution in [0.1, 0.15) is 22.8 Å². The van der Waals surface area contributed by atoms with Crippen molar-refractivity contribution in [2.75, 3.05) is 11.9 Å². The summed E-state index contributed by atoms with van der Waals surface area (Å²) in [6.45, 7) is 2.68. The zero-order valence-corrected chi connectivity index (χ0v) is 20.1. The zero-order chi connectivity index (χ0) is 23.9. The van der Waals surface area contributed by atoms with Crippen molar-refractivity contribution >= 4 is 34.8 Å². The van der Waals surface area contributed by atoms with Crippen molar-refractivity contribution in [2.45, 2.75) is 13.5 Å². The van der Waals surface area contributed by atoms with Crippen LogP contribution in [-0.4, -0.2) is 12.5 Å². The first-order chi connectivity index (χ1) is 16.5. The number of amides is 1. The molecule has 1 N–H and O–H groups in total. The number of ether oxygens (including phenoxy) is 2. The van der Waals surface area contributed by atoms with Gasteiger partial charge < -0.3 is 14.8 Å². The zero-order valence-electron chi connectivity index (χ0n) is 18.6. The van der Waals surface area contributed by atoms with E-state index in [2.05, 4.69) is 17.4 Å². The molecule has 0 aromatic heterocycles. The summed E-state index contributed by atoms with van der Waals surface area (Å²) >= 11 is 12.0. The van der Waals surface area contributed by atoms with Crippen LogP contribution in [0.5, 0.6) is 11.5 Å². The summed E-state index contributed by atoms with van der Waals surface area (Å²) in [6, 6.07) is 28.3. The van der Waals surface area contributed by atoms with Gasteiger partial charge in [0.15, 0.2) is 0 Å². The van der Waals surface area contributed by atoms with Gasteiger partial charge >= 0.3 is 0 Å². The molecule has 172 valence electrons. The van der Waals surface area contributed by atoms with Crippen molar-refractivity contribution in [3.8, 4) is 22.6 Å². The van der Waals surface area contributed by atoms with Gasteiger partial charge in [0.25, 0.3) is 5.91 Å². The van der Waals surface area contributed by atoms with Crippen molar-refractivity contribution < 1.29 is 14.3 Å². The smallest absolute Gasteiger partial charge is 0.255 e. The third kappa shape index (κ3) is 5.90. The molecule has 0 saturated carbocycles. The highest BCUT2D eigenvalue weighted by atomic mass is 35.5. The first-order valence-electron chi connectivity index (χ1n) is 10.8. The molecule has 6 heteroatoms. The van der Waals surface area contributed by atoms with Crippen molar-refractivity contribution in [1.29, 1.82) is 0 Å². The summed E-state index contributed by atoms with van der Waals surface area (Å²) < 4.78 is 11.7. The second kappa shape index (κ2) is 11.1. The van der Waals surface area contributed by atoms with Crippen molar-refractivity contribution in [3.63, 3.8) is 0 Å². The Balaban J connectivity index is 1.48. The first-order valence-corrected chi connectivity index (χ1v) is 11.6. The number of hydrogen-bond acceptors (Lipinski definition) is 3. The van der Waals surface area contributed by atoms with E-state index >= 15 is 0 Å². The Kier molecular flexibility index (Phi) is 7.73. The van der Waals surface area contributed by atoms with E-state index in [1.807, 2.05) is 49.4 Å². The van der Waals surface area contributed by atoms with E-state index in [1.54, 1.807) is 36.4 Å². The van der Waals surface area contributed by atoms with Crippen LogP contribution in [0, 0.1) is 0 Å². The Hall–Kier alpha value is -3.47. The molecule has 0 bridgehead atoms. The van der Waals surface area contributed by atoms with Gasteiger partial charge in [-0.3, -0.25) is 4.79 Å². The average Bonchev–Trinajstić information content (AvgIpc) is 2.86. The fourth-order valence-electron chi connectivity index (χ4n) is 3.44. The lowest BCUT2D eigenvalue weighted by Gasteiger charge is -2.14. The fraction of sp³-hybridized carbons (Fsp3) is 0.107. The van der Waals surface area contributed by atoms with E-state index in [0.29, 0.717) is 33.7 Å². The summed E-state index contributed by atoms with van der Waals surface area (Å²) in [7, 11) is 0. The van der Waals surface area contributed by atoms with Gasteiger partial charge in [0, 0.05) is 16.8 Å². The van der Waals surface area contributed by atoms with Gasteiger partial charge in [-0.1, -0.05) is 65.7 Å². The van der Waals surface area contributed by atoms with Crippen LogP contribution in [0.2, 0.25) is 10.0 Å². The largest absolute Gasteiger partial charge is 0.493 e. The molecular weight excluding hydrogens is 469 g/mol. The second-order valence-electron chi connectivity index (χ2n) is 7.52. The van der Waals surface area contributed by atoms with Gasteiger partial charge in [-0.2, -0.15) is 0 Å². The Bertz CT molecular complexity index is 1270. The lowest BCUT2D eigenvalue weighted by atomic mass is 10.1. The molecule has 4 aromatic carbocycles. The molecular formula is C28H23Cl2NO3. The van der Waals surface area contributed by atoms with Crippen LogP contribution < -0.4 is 14.8 Å². The summed E-state index contributed by atoms with van der Waals surface area (Å²) in [6.07, 6.45) is 0. The minimum Gasteiger partial charge on any atom is -0.493 e. The predicted octanol–water partition coefficient (Wildman–Crippen LogP) is 7.89. The van der Waals surface area contributed by atoms with Crippen LogP contribution in [-0.2, 0) is 6.61 Å². The monoisotopic (exact) mass is 491 g/mol. The maximum atomic E-state index is 12.8. The van der Waals surface area contributed by atoms with Gasteiger partial charge in [0.05, 0.1) is 16.7 Å². The number of nitrogens with one attached hydrogen (secondary N) is 1. The molecule has 0 heterocycles. The molecule has 4 aromatic rings. The number of carbonyl (C=O) groups excluding carboxylic acids is 1. The van der Waals surface area contributed by atoms with Crippen molar-refractivity contribution in [3.05, 3.63) is 112 Å². The highest BCUT2D eigenvalue weighted by Crippen LogP contribution is 2.27.